The maximum Gasteiger partial charge on any atom is 0.0728 e. The first kappa shape index (κ1) is 24.3. The molecule has 0 aliphatic carbocycles. The lowest BCUT2D eigenvalue weighted by Crippen LogP contribution is -2.32. The van der Waals surface area contributed by atoms with Gasteiger partial charge in [-0.15, -0.1) is 0 Å². The summed E-state index contributed by atoms with van der Waals surface area (Å²) >= 11 is 13.2. The quantitative estimate of drug-likeness (QED) is 0.328. The molecule has 0 unspecified atom stereocenters. The van der Waals surface area contributed by atoms with Crippen molar-refractivity contribution in [3.8, 4) is 0 Å². The van der Waals surface area contributed by atoms with Gasteiger partial charge in [0.25, 0.3) is 0 Å². The number of hydrogen-bond donors (Lipinski definition) is 1. The van der Waals surface area contributed by atoms with Crippen molar-refractivity contribution < 1.29 is 0 Å². The average molecular weight is 506 g/mol. The molecule has 0 aliphatic heterocycles. The Hall–Kier alpha value is -1.86. The Balaban J connectivity index is 1.94. The number of rotatable bonds is 6. The summed E-state index contributed by atoms with van der Waals surface area (Å²) in [4.78, 5) is 4.00. The van der Waals surface area contributed by atoms with Crippen molar-refractivity contribution in [3.05, 3.63) is 119 Å². The molecule has 0 bridgehead atoms. The molecule has 5 heteroatoms. The van der Waals surface area contributed by atoms with Gasteiger partial charge in [0.1, 0.15) is 0 Å². The van der Waals surface area contributed by atoms with Crippen LogP contribution in [-0.4, -0.2) is 0 Å². The highest BCUT2D eigenvalue weighted by atomic mass is 32.5. The van der Waals surface area contributed by atoms with Crippen LogP contribution in [0, 0.1) is 27.7 Å². The second kappa shape index (κ2) is 9.79. The molecule has 0 radical (unpaired) electrons. The molecule has 0 saturated heterocycles. The van der Waals surface area contributed by atoms with Crippen LogP contribution in [0.2, 0.25) is 0 Å². The van der Waals surface area contributed by atoms with Crippen molar-refractivity contribution in [3.63, 3.8) is 0 Å². The summed E-state index contributed by atoms with van der Waals surface area (Å²) in [7, 11) is 0. The van der Waals surface area contributed by atoms with E-state index in [1.165, 1.54) is 22.3 Å². The fourth-order valence-electron chi connectivity index (χ4n) is 3.75. The summed E-state index contributed by atoms with van der Waals surface area (Å²) in [6.45, 7) is 8.43. The SMILES string of the molecule is Cc1ccc(P(=S)(NP(=S)(c2ccc(C)cc2)c2ccc(C)cc2)c2ccc(C)cc2)cc1. The van der Waals surface area contributed by atoms with Gasteiger partial charge >= 0.3 is 0 Å². The summed E-state index contributed by atoms with van der Waals surface area (Å²) in [6, 6.07) is 34.6. The van der Waals surface area contributed by atoms with Crippen LogP contribution in [0.5, 0.6) is 0 Å². The Morgan fingerprint density at radius 1 is 0.394 bits per heavy atom. The Morgan fingerprint density at radius 3 is 0.758 bits per heavy atom. The predicted octanol–water partition coefficient (Wildman–Crippen LogP) is 5.90. The molecule has 0 heterocycles. The van der Waals surface area contributed by atoms with Crippen molar-refractivity contribution in [1.82, 2.24) is 4.86 Å². The van der Waals surface area contributed by atoms with E-state index in [0.29, 0.717) is 0 Å². The Bertz CT molecular complexity index is 1140. The van der Waals surface area contributed by atoms with Gasteiger partial charge in [-0.3, -0.25) is 0 Å². The van der Waals surface area contributed by atoms with Crippen molar-refractivity contribution >= 4 is 57.2 Å². The first-order valence-electron chi connectivity index (χ1n) is 11.0. The molecule has 4 rings (SSSR count). The Morgan fingerprint density at radius 2 is 0.576 bits per heavy atom. The summed E-state index contributed by atoms with van der Waals surface area (Å²) in [5.74, 6) is 0. The molecular weight excluding hydrogens is 476 g/mol. The van der Waals surface area contributed by atoms with E-state index < -0.39 is 12.4 Å². The van der Waals surface area contributed by atoms with Crippen LogP contribution in [0.15, 0.2) is 97.1 Å². The molecule has 0 atom stereocenters. The Kier molecular flexibility index (Phi) is 7.20. The molecule has 1 N–H and O–H groups in total. The van der Waals surface area contributed by atoms with Crippen molar-refractivity contribution in [2.24, 2.45) is 0 Å². The molecule has 168 valence electrons. The molecular formula is C28H29NP2S2. The minimum Gasteiger partial charge on any atom is -0.245 e. The smallest absolute Gasteiger partial charge is 0.0728 e. The summed E-state index contributed by atoms with van der Waals surface area (Å²) in [6.07, 6.45) is -4.82. The number of nitrogens with one attached hydrogen (secondary N) is 1. The first-order valence-corrected chi connectivity index (χ1v) is 16.6. The van der Waals surface area contributed by atoms with Gasteiger partial charge in [0.15, 0.2) is 0 Å². The molecule has 0 aromatic heterocycles. The number of aryl methyl sites for hydroxylation is 4. The van der Waals surface area contributed by atoms with Gasteiger partial charge in [0, 0.05) is 21.2 Å². The van der Waals surface area contributed by atoms with E-state index in [-0.39, 0.29) is 0 Å². The van der Waals surface area contributed by atoms with Crippen molar-refractivity contribution in [1.29, 1.82) is 0 Å². The van der Waals surface area contributed by atoms with E-state index in [0.717, 1.165) is 21.2 Å². The second-order valence-corrected chi connectivity index (χ2v) is 17.2. The van der Waals surface area contributed by atoms with Crippen LogP contribution in [0.25, 0.3) is 0 Å². The summed E-state index contributed by atoms with van der Waals surface area (Å²) in [5.41, 5.74) is 4.89. The molecule has 0 fully saturated rings. The molecule has 1 nitrogen and oxygen atoms in total. The standard InChI is InChI=1S/C28H29NP2S2/c1-21-5-13-25(14-6-21)30(32,26-15-7-22(2)8-16-26)29-31(33,27-17-9-23(3)10-18-27)28-19-11-24(4)12-20-28/h5-20H,1-4H3,(H,29,32,33). The summed E-state index contributed by atoms with van der Waals surface area (Å²) in [5, 5.41) is 4.56. The highest BCUT2D eigenvalue weighted by Crippen LogP contribution is 2.53. The first-order chi connectivity index (χ1) is 15.7. The average Bonchev–Trinajstić information content (AvgIpc) is 2.80. The fourth-order valence-corrected chi connectivity index (χ4v) is 14.2. The maximum absolute atomic E-state index is 6.58. The summed E-state index contributed by atoms with van der Waals surface area (Å²) < 4.78 is 0. The van der Waals surface area contributed by atoms with Crippen LogP contribution in [-0.2, 0) is 23.6 Å². The van der Waals surface area contributed by atoms with Crippen molar-refractivity contribution in [2.75, 3.05) is 0 Å². The van der Waals surface area contributed by atoms with Crippen LogP contribution < -0.4 is 26.1 Å². The van der Waals surface area contributed by atoms with E-state index in [1.54, 1.807) is 0 Å². The number of benzene rings is 4. The van der Waals surface area contributed by atoms with Crippen LogP contribution in [0.4, 0.5) is 0 Å². The zero-order chi connectivity index (χ0) is 23.6. The van der Waals surface area contributed by atoms with Gasteiger partial charge < -0.3 is 0 Å². The molecule has 4 aromatic rings. The van der Waals surface area contributed by atoms with Gasteiger partial charge in [0.05, 0.1) is 12.4 Å². The zero-order valence-electron chi connectivity index (χ0n) is 19.4. The Labute approximate surface area is 208 Å². The second-order valence-electron chi connectivity index (χ2n) is 8.66. The minimum absolute atomic E-state index is 1.14. The predicted molar refractivity (Wildman–Crippen MR) is 155 cm³/mol. The monoisotopic (exact) mass is 505 g/mol. The topological polar surface area (TPSA) is 12.0 Å². The molecule has 0 spiro atoms. The van der Waals surface area contributed by atoms with E-state index in [2.05, 4.69) is 130 Å². The third kappa shape index (κ3) is 5.14. The third-order valence-electron chi connectivity index (χ3n) is 5.87. The normalized spacial score (nSPS) is 12.0. The highest BCUT2D eigenvalue weighted by molar-refractivity contribution is 8.30. The van der Waals surface area contributed by atoms with Gasteiger partial charge in [-0.2, -0.15) is 0 Å². The third-order valence-corrected chi connectivity index (χ3v) is 16.2. The molecule has 0 amide bonds. The van der Waals surface area contributed by atoms with E-state index >= 15 is 0 Å². The van der Waals surface area contributed by atoms with Gasteiger partial charge in [-0.1, -0.05) is 143 Å². The van der Waals surface area contributed by atoms with E-state index in [1.807, 2.05) is 0 Å². The highest BCUT2D eigenvalue weighted by Gasteiger charge is 2.32. The molecule has 4 aromatic carbocycles. The lowest BCUT2D eigenvalue weighted by molar-refractivity contribution is 1.47. The molecule has 0 saturated carbocycles. The lowest BCUT2D eigenvalue weighted by atomic mass is 10.2. The zero-order valence-corrected chi connectivity index (χ0v) is 22.9. The maximum atomic E-state index is 6.58. The van der Waals surface area contributed by atoms with Crippen molar-refractivity contribution in [2.45, 2.75) is 27.7 Å². The molecule has 33 heavy (non-hydrogen) atoms. The van der Waals surface area contributed by atoms with Crippen LogP contribution in [0.3, 0.4) is 0 Å². The minimum atomic E-state index is -2.41. The van der Waals surface area contributed by atoms with Crippen LogP contribution >= 0.6 is 12.4 Å². The van der Waals surface area contributed by atoms with Gasteiger partial charge in [-0.25, -0.2) is 4.86 Å². The molecule has 0 aliphatic rings. The van der Waals surface area contributed by atoms with E-state index in [9.17, 15) is 0 Å². The van der Waals surface area contributed by atoms with E-state index in [4.69, 9.17) is 23.6 Å². The fraction of sp³-hybridized carbons (Fsp3) is 0.143. The van der Waals surface area contributed by atoms with Gasteiger partial charge in [0.2, 0.25) is 0 Å². The number of hydrogen-bond acceptors (Lipinski definition) is 2. The largest absolute Gasteiger partial charge is 0.245 e. The lowest BCUT2D eigenvalue weighted by Gasteiger charge is -2.34. The van der Waals surface area contributed by atoms with Gasteiger partial charge in [-0.05, 0) is 27.7 Å². The van der Waals surface area contributed by atoms with Crippen LogP contribution in [0.1, 0.15) is 22.3 Å².